The van der Waals surface area contributed by atoms with Gasteiger partial charge in [0.05, 0.1) is 11.4 Å². The second-order valence-electron chi connectivity index (χ2n) is 6.87. The second kappa shape index (κ2) is 13.1. The number of benzene rings is 1. The normalized spacial score (nSPS) is 11.1. The van der Waals surface area contributed by atoms with Crippen LogP contribution in [0.25, 0.3) is 5.69 Å². The molecule has 0 amide bonds. The second-order valence-corrected chi connectivity index (χ2v) is 6.87. The molecular formula is C21H31FIN7. The summed E-state index contributed by atoms with van der Waals surface area (Å²) in [5.41, 5.74) is 7.72. The summed E-state index contributed by atoms with van der Waals surface area (Å²) in [4.78, 5) is 4.24. The third-order valence-corrected chi connectivity index (χ3v) is 5.00. The van der Waals surface area contributed by atoms with Crippen molar-refractivity contribution in [3.05, 3.63) is 41.3 Å². The third-order valence-electron chi connectivity index (χ3n) is 5.00. The smallest absolute Gasteiger partial charge is 0.190 e. The lowest BCUT2D eigenvalue weighted by Crippen LogP contribution is -2.40. The van der Waals surface area contributed by atoms with Crippen LogP contribution in [-0.4, -0.2) is 35.9 Å². The third kappa shape index (κ3) is 6.86. The highest BCUT2D eigenvalue weighted by atomic mass is 127. The van der Waals surface area contributed by atoms with Crippen LogP contribution in [0.3, 0.4) is 0 Å². The number of aryl methyl sites for hydroxylation is 1. The van der Waals surface area contributed by atoms with Gasteiger partial charge >= 0.3 is 0 Å². The van der Waals surface area contributed by atoms with Gasteiger partial charge in [-0.05, 0) is 43.0 Å². The molecular weight excluding hydrogens is 496 g/mol. The maximum absolute atomic E-state index is 13.2. The molecule has 2 rings (SSSR count). The zero-order valence-corrected chi connectivity index (χ0v) is 20.1. The van der Waals surface area contributed by atoms with Crippen molar-refractivity contribution in [2.24, 2.45) is 10.9 Å². The number of hydrogen-bond acceptors (Lipinski definition) is 4. The van der Waals surface area contributed by atoms with E-state index in [2.05, 4.69) is 40.6 Å². The van der Waals surface area contributed by atoms with E-state index in [1.165, 1.54) is 16.8 Å². The van der Waals surface area contributed by atoms with Gasteiger partial charge in [-0.2, -0.15) is 10.4 Å². The summed E-state index contributed by atoms with van der Waals surface area (Å²) in [6.45, 7) is 5.96. The molecule has 9 heteroatoms. The molecule has 0 aliphatic carbocycles. The summed E-state index contributed by atoms with van der Waals surface area (Å²) in [6.07, 6.45) is 3.63. The molecule has 4 N–H and O–H groups in total. The van der Waals surface area contributed by atoms with Crippen LogP contribution in [0.4, 0.5) is 10.2 Å². The Kier molecular flexibility index (Phi) is 11.2. The summed E-state index contributed by atoms with van der Waals surface area (Å²) < 4.78 is 14.6. The molecule has 0 unspecified atom stereocenters. The maximum Gasteiger partial charge on any atom is 0.190 e. The van der Waals surface area contributed by atoms with Crippen LogP contribution < -0.4 is 16.4 Å². The fraction of sp³-hybridized carbons (Fsp3) is 0.476. The fourth-order valence-electron chi connectivity index (χ4n) is 3.06. The predicted octanol–water partition coefficient (Wildman–Crippen LogP) is 3.62. The molecule has 0 aliphatic heterocycles. The van der Waals surface area contributed by atoms with Gasteiger partial charge in [0.15, 0.2) is 5.96 Å². The van der Waals surface area contributed by atoms with Crippen molar-refractivity contribution >= 4 is 35.8 Å². The molecule has 0 saturated heterocycles. The van der Waals surface area contributed by atoms with Crippen LogP contribution >= 0.6 is 24.0 Å². The van der Waals surface area contributed by atoms with Crippen molar-refractivity contribution in [1.29, 1.82) is 5.26 Å². The maximum atomic E-state index is 13.2. The van der Waals surface area contributed by atoms with Crippen LogP contribution in [0.15, 0.2) is 29.3 Å². The molecule has 0 fully saturated rings. The monoisotopic (exact) mass is 527 g/mol. The minimum absolute atomic E-state index is 0. The topological polar surface area (TPSA) is 104 Å². The molecule has 0 radical (unpaired) electrons. The first-order chi connectivity index (χ1) is 14.0. The summed E-state index contributed by atoms with van der Waals surface area (Å²) in [7, 11) is 1.75. The Hall–Kier alpha value is -2.35. The van der Waals surface area contributed by atoms with Gasteiger partial charge in [-0.3, -0.25) is 4.99 Å². The minimum atomic E-state index is -0.336. The molecule has 0 saturated carbocycles. The van der Waals surface area contributed by atoms with Gasteiger partial charge in [-0.1, -0.05) is 26.7 Å². The number of nitrogens with zero attached hydrogens (tertiary/aromatic N) is 4. The first-order valence-electron chi connectivity index (χ1n) is 10.0. The Balaban J connectivity index is 0.00000450. The Morgan fingerprint density at radius 1 is 1.27 bits per heavy atom. The summed E-state index contributed by atoms with van der Waals surface area (Å²) >= 11 is 0. The highest BCUT2D eigenvalue weighted by Crippen LogP contribution is 2.21. The number of nitrogen functional groups attached to an aromatic ring is 1. The summed E-state index contributed by atoms with van der Waals surface area (Å²) in [5, 5.41) is 20.6. The van der Waals surface area contributed by atoms with Crippen molar-refractivity contribution < 1.29 is 4.39 Å². The molecule has 1 heterocycles. The van der Waals surface area contributed by atoms with E-state index in [1.54, 1.807) is 19.2 Å². The van der Waals surface area contributed by atoms with Crippen LogP contribution in [0.1, 0.15) is 44.4 Å². The van der Waals surface area contributed by atoms with Crippen LogP contribution in [0.2, 0.25) is 0 Å². The number of aliphatic imine (C=N–C) groups is 1. The number of nitrogens with two attached hydrogens (primary N) is 1. The zero-order chi connectivity index (χ0) is 21.2. The number of halogens is 2. The number of hydrogen-bond donors (Lipinski definition) is 3. The van der Waals surface area contributed by atoms with Gasteiger partial charge in [0, 0.05) is 20.1 Å². The van der Waals surface area contributed by atoms with E-state index in [-0.39, 0.29) is 35.6 Å². The Morgan fingerprint density at radius 2 is 1.93 bits per heavy atom. The molecule has 2 aromatic rings. The van der Waals surface area contributed by atoms with Gasteiger partial charge < -0.3 is 16.4 Å². The largest absolute Gasteiger partial charge is 0.382 e. The van der Waals surface area contributed by atoms with Gasteiger partial charge in [0.25, 0.3) is 0 Å². The predicted molar refractivity (Wildman–Crippen MR) is 130 cm³/mol. The van der Waals surface area contributed by atoms with Crippen molar-refractivity contribution in [2.75, 3.05) is 25.9 Å². The van der Waals surface area contributed by atoms with Crippen molar-refractivity contribution in [3.8, 4) is 11.8 Å². The van der Waals surface area contributed by atoms with E-state index in [0.717, 1.165) is 31.8 Å². The van der Waals surface area contributed by atoms with Crippen LogP contribution in [0.5, 0.6) is 0 Å². The number of rotatable bonds is 9. The Morgan fingerprint density at radius 3 is 2.50 bits per heavy atom. The van der Waals surface area contributed by atoms with E-state index in [1.807, 2.05) is 0 Å². The zero-order valence-electron chi connectivity index (χ0n) is 17.8. The Bertz CT molecular complexity index is 851. The van der Waals surface area contributed by atoms with Gasteiger partial charge in [0.1, 0.15) is 23.3 Å². The SMILES string of the molecule is CCC(CC)CNC(=NC)NCCCc1nn(-c2ccc(F)cc2)c(N)c1C#N.I. The van der Waals surface area contributed by atoms with E-state index in [4.69, 9.17) is 5.73 Å². The van der Waals surface area contributed by atoms with Crippen molar-refractivity contribution in [2.45, 2.75) is 39.5 Å². The number of aromatic nitrogens is 2. The van der Waals surface area contributed by atoms with Gasteiger partial charge in [0.2, 0.25) is 0 Å². The molecule has 7 nitrogen and oxygen atoms in total. The van der Waals surface area contributed by atoms with E-state index in [9.17, 15) is 9.65 Å². The molecule has 164 valence electrons. The standard InChI is InChI=1S/C21H30FN7.HI/c1-4-15(5-2)14-27-21(25-3)26-12-6-7-19-18(13-23)20(24)29(28-19)17-10-8-16(22)9-11-17;/h8-11,15H,4-7,12,14,24H2,1-3H3,(H2,25,26,27);1H. The molecule has 1 aromatic carbocycles. The molecule has 0 aliphatic rings. The number of nitrogens with one attached hydrogen (secondary N) is 2. The number of guanidine groups is 1. The highest BCUT2D eigenvalue weighted by Gasteiger charge is 2.16. The van der Waals surface area contributed by atoms with E-state index >= 15 is 0 Å². The van der Waals surface area contributed by atoms with Crippen LogP contribution in [0, 0.1) is 23.1 Å². The fourth-order valence-corrected chi connectivity index (χ4v) is 3.06. The summed E-state index contributed by atoms with van der Waals surface area (Å²) in [5.74, 6) is 1.33. The average molecular weight is 527 g/mol. The number of nitriles is 1. The quantitative estimate of drug-likeness (QED) is 0.200. The van der Waals surface area contributed by atoms with Gasteiger partial charge in [-0.15, -0.1) is 24.0 Å². The molecule has 1 aromatic heterocycles. The lowest BCUT2D eigenvalue weighted by molar-refractivity contribution is 0.481. The summed E-state index contributed by atoms with van der Waals surface area (Å²) in [6, 6.07) is 7.98. The minimum Gasteiger partial charge on any atom is -0.382 e. The van der Waals surface area contributed by atoms with E-state index < -0.39 is 0 Å². The van der Waals surface area contributed by atoms with Gasteiger partial charge in [-0.25, -0.2) is 9.07 Å². The highest BCUT2D eigenvalue weighted by molar-refractivity contribution is 14.0. The molecule has 0 spiro atoms. The molecule has 0 atom stereocenters. The Labute approximate surface area is 195 Å². The average Bonchev–Trinajstić information content (AvgIpc) is 3.06. The first kappa shape index (κ1) is 25.7. The molecule has 30 heavy (non-hydrogen) atoms. The van der Waals surface area contributed by atoms with Crippen LogP contribution in [-0.2, 0) is 6.42 Å². The lowest BCUT2D eigenvalue weighted by Gasteiger charge is -2.16. The van der Waals surface area contributed by atoms with Crippen molar-refractivity contribution in [1.82, 2.24) is 20.4 Å². The number of anilines is 1. The molecule has 0 bridgehead atoms. The van der Waals surface area contributed by atoms with Crippen molar-refractivity contribution in [3.63, 3.8) is 0 Å². The lowest BCUT2D eigenvalue weighted by atomic mass is 10.0. The first-order valence-corrected chi connectivity index (χ1v) is 10.0. The van der Waals surface area contributed by atoms with E-state index in [0.29, 0.717) is 35.8 Å².